The minimum Gasteiger partial charge on any atom is -0.339 e. The van der Waals surface area contributed by atoms with Crippen molar-refractivity contribution in [1.82, 2.24) is 14.1 Å². The Labute approximate surface area is 162 Å². The summed E-state index contributed by atoms with van der Waals surface area (Å²) < 4.78 is 27.5. The number of benzene rings is 1. The van der Waals surface area contributed by atoms with Gasteiger partial charge in [-0.2, -0.15) is 4.31 Å². The summed E-state index contributed by atoms with van der Waals surface area (Å²) in [6.07, 6.45) is 6.71. The maximum absolute atomic E-state index is 13.0. The standard InChI is InChI=1S/C20H29N3O3S/c24-20(16-21-9-2-1-3-10-21)22-11-13-23(14-12-22)27(25,26)19-8-7-17-5-4-6-18(17)15-19/h7-8,15H,1-6,9-14,16H2. The van der Waals surface area contributed by atoms with Gasteiger partial charge in [-0.25, -0.2) is 8.42 Å². The van der Waals surface area contributed by atoms with Crippen LogP contribution in [0, 0.1) is 0 Å². The molecule has 0 unspecified atom stereocenters. The lowest BCUT2D eigenvalue weighted by atomic mass is 10.1. The minimum absolute atomic E-state index is 0.131. The first kappa shape index (κ1) is 18.9. The molecule has 3 aliphatic rings. The largest absolute Gasteiger partial charge is 0.339 e. The van der Waals surface area contributed by atoms with Crippen LogP contribution in [0.4, 0.5) is 0 Å². The van der Waals surface area contributed by atoms with Crippen molar-refractivity contribution in [3.8, 4) is 0 Å². The molecule has 27 heavy (non-hydrogen) atoms. The van der Waals surface area contributed by atoms with Gasteiger partial charge in [0.1, 0.15) is 0 Å². The number of nitrogens with zero attached hydrogens (tertiary/aromatic N) is 3. The summed E-state index contributed by atoms with van der Waals surface area (Å²) in [5.74, 6) is 0.131. The highest BCUT2D eigenvalue weighted by molar-refractivity contribution is 7.89. The maximum Gasteiger partial charge on any atom is 0.243 e. The summed E-state index contributed by atoms with van der Waals surface area (Å²) in [6, 6.07) is 5.56. The molecule has 7 heteroatoms. The molecule has 0 spiro atoms. The molecule has 148 valence electrons. The van der Waals surface area contributed by atoms with Crippen molar-refractivity contribution >= 4 is 15.9 Å². The van der Waals surface area contributed by atoms with Crippen LogP contribution < -0.4 is 0 Å². The van der Waals surface area contributed by atoms with Gasteiger partial charge in [0.25, 0.3) is 0 Å². The van der Waals surface area contributed by atoms with Crippen molar-refractivity contribution in [3.05, 3.63) is 29.3 Å². The third kappa shape index (κ3) is 4.05. The first-order valence-electron chi connectivity index (χ1n) is 10.2. The number of sulfonamides is 1. The Morgan fingerprint density at radius 3 is 2.30 bits per heavy atom. The molecule has 6 nitrogen and oxygen atoms in total. The zero-order chi connectivity index (χ0) is 18.9. The lowest BCUT2D eigenvalue weighted by Crippen LogP contribution is -2.52. The number of hydrogen-bond acceptors (Lipinski definition) is 4. The van der Waals surface area contributed by atoms with E-state index in [1.165, 1.54) is 34.7 Å². The third-order valence-electron chi connectivity index (χ3n) is 6.11. The zero-order valence-corrected chi connectivity index (χ0v) is 16.7. The van der Waals surface area contributed by atoms with E-state index in [1.807, 2.05) is 17.0 Å². The van der Waals surface area contributed by atoms with Gasteiger partial charge < -0.3 is 4.90 Å². The van der Waals surface area contributed by atoms with Crippen molar-refractivity contribution in [1.29, 1.82) is 0 Å². The highest BCUT2D eigenvalue weighted by Crippen LogP contribution is 2.26. The normalized spacial score (nSPS) is 22.0. The third-order valence-corrected chi connectivity index (χ3v) is 8.00. The molecule has 0 radical (unpaired) electrons. The first-order valence-corrected chi connectivity index (χ1v) is 11.6. The predicted octanol–water partition coefficient (Wildman–Crippen LogP) is 1.49. The van der Waals surface area contributed by atoms with E-state index in [0.717, 1.165) is 32.4 Å². The Balaban J connectivity index is 1.36. The summed E-state index contributed by atoms with van der Waals surface area (Å²) in [4.78, 5) is 17.0. The molecule has 0 N–H and O–H groups in total. The summed E-state index contributed by atoms with van der Waals surface area (Å²) in [5.41, 5.74) is 2.45. The Morgan fingerprint density at radius 1 is 0.852 bits per heavy atom. The number of carbonyl (C=O) groups is 1. The number of fused-ring (bicyclic) bond motifs is 1. The van der Waals surface area contributed by atoms with Gasteiger partial charge in [0.15, 0.2) is 0 Å². The number of rotatable bonds is 4. The van der Waals surface area contributed by atoms with E-state index in [9.17, 15) is 13.2 Å². The molecular weight excluding hydrogens is 362 g/mol. The van der Waals surface area contributed by atoms with Crippen LogP contribution in [0.5, 0.6) is 0 Å². The van der Waals surface area contributed by atoms with E-state index in [-0.39, 0.29) is 5.91 Å². The Hall–Kier alpha value is -1.44. The summed E-state index contributed by atoms with van der Waals surface area (Å²) >= 11 is 0. The molecule has 1 aromatic carbocycles. The monoisotopic (exact) mass is 391 g/mol. The molecule has 2 saturated heterocycles. The van der Waals surface area contributed by atoms with Crippen molar-refractivity contribution in [3.63, 3.8) is 0 Å². The van der Waals surface area contributed by atoms with Crippen LogP contribution in [0.2, 0.25) is 0 Å². The molecule has 2 fully saturated rings. The summed E-state index contributed by atoms with van der Waals surface area (Å²) in [6.45, 7) is 4.19. The van der Waals surface area contributed by atoms with E-state index >= 15 is 0 Å². The molecule has 0 aromatic heterocycles. The van der Waals surface area contributed by atoms with Gasteiger partial charge in [0.05, 0.1) is 11.4 Å². The Kier molecular flexibility index (Phi) is 5.53. The lowest BCUT2D eigenvalue weighted by molar-refractivity contribution is -0.133. The van der Waals surface area contributed by atoms with Crippen LogP contribution >= 0.6 is 0 Å². The second kappa shape index (κ2) is 7.89. The zero-order valence-electron chi connectivity index (χ0n) is 15.9. The molecule has 1 amide bonds. The molecule has 1 aliphatic carbocycles. The molecule has 1 aromatic rings. The van der Waals surface area contributed by atoms with E-state index in [1.54, 1.807) is 6.07 Å². The number of hydrogen-bond donors (Lipinski definition) is 0. The van der Waals surface area contributed by atoms with E-state index in [4.69, 9.17) is 0 Å². The number of carbonyl (C=O) groups excluding carboxylic acids is 1. The Bertz CT molecular complexity index is 795. The van der Waals surface area contributed by atoms with Gasteiger partial charge >= 0.3 is 0 Å². The number of piperazine rings is 1. The van der Waals surface area contributed by atoms with Crippen molar-refractivity contribution in [2.24, 2.45) is 0 Å². The van der Waals surface area contributed by atoms with E-state index < -0.39 is 10.0 Å². The van der Waals surface area contributed by atoms with Crippen molar-refractivity contribution < 1.29 is 13.2 Å². The second-order valence-corrected chi connectivity index (χ2v) is 9.84. The average molecular weight is 392 g/mol. The quantitative estimate of drug-likeness (QED) is 0.780. The number of aryl methyl sites for hydroxylation is 2. The van der Waals surface area contributed by atoms with Crippen LogP contribution in [0.3, 0.4) is 0 Å². The van der Waals surface area contributed by atoms with Gasteiger partial charge in [-0.3, -0.25) is 9.69 Å². The number of likely N-dealkylation sites (tertiary alicyclic amines) is 1. The minimum atomic E-state index is -3.47. The number of amides is 1. The molecular formula is C20H29N3O3S. The molecule has 2 aliphatic heterocycles. The molecule has 0 atom stereocenters. The maximum atomic E-state index is 13.0. The van der Waals surface area contributed by atoms with Crippen LogP contribution in [0.1, 0.15) is 36.8 Å². The molecule has 0 bridgehead atoms. The van der Waals surface area contributed by atoms with Crippen LogP contribution in [-0.2, 0) is 27.7 Å². The van der Waals surface area contributed by atoms with Crippen LogP contribution in [0.15, 0.2) is 23.1 Å². The van der Waals surface area contributed by atoms with Gasteiger partial charge in [-0.05, 0) is 68.5 Å². The fraction of sp³-hybridized carbons (Fsp3) is 0.650. The van der Waals surface area contributed by atoms with Crippen molar-refractivity contribution in [2.45, 2.75) is 43.4 Å². The van der Waals surface area contributed by atoms with Gasteiger partial charge in [0.2, 0.25) is 15.9 Å². The molecule has 0 saturated carbocycles. The highest BCUT2D eigenvalue weighted by atomic mass is 32.2. The fourth-order valence-electron chi connectivity index (χ4n) is 4.44. The van der Waals surface area contributed by atoms with Crippen LogP contribution in [0.25, 0.3) is 0 Å². The summed E-state index contributed by atoms with van der Waals surface area (Å²) in [7, 11) is -3.47. The fourth-order valence-corrected chi connectivity index (χ4v) is 5.92. The van der Waals surface area contributed by atoms with Gasteiger partial charge in [-0.15, -0.1) is 0 Å². The number of piperidine rings is 1. The van der Waals surface area contributed by atoms with Gasteiger partial charge in [0, 0.05) is 26.2 Å². The smallest absolute Gasteiger partial charge is 0.243 e. The molecule has 4 rings (SSSR count). The highest BCUT2D eigenvalue weighted by Gasteiger charge is 2.31. The first-order chi connectivity index (χ1) is 13.0. The SMILES string of the molecule is O=C(CN1CCCCC1)N1CCN(S(=O)(=O)c2ccc3c(c2)CCC3)CC1. The Morgan fingerprint density at radius 2 is 1.56 bits per heavy atom. The van der Waals surface area contributed by atoms with Crippen LogP contribution in [-0.4, -0.2) is 74.2 Å². The predicted molar refractivity (Wildman–Crippen MR) is 104 cm³/mol. The van der Waals surface area contributed by atoms with E-state index in [0.29, 0.717) is 37.6 Å². The lowest BCUT2D eigenvalue weighted by Gasteiger charge is -2.35. The summed E-state index contributed by atoms with van der Waals surface area (Å²) in [5, 5.41) is 0. The topological polar surface area (TPSA) is 60.9 Å². The van der Waals surface area contributed by atoms with Gasteiger partial charge in [-0.1, -0.05) is 12.5 Å². The van der Waals surface area contributed by atoms with Crippen molar-refractivity contribution in [2.75, 3.05) is 45.8 Å². The molecule has 2 heterocycles. The van der Waals surface area contributed by atoms with E-state index in [2.05, 4.69) is 4.90 Å². The second-order valence-electron chi connectivity index (χ2n) is 7.91. The average Bonchev–Trinajstić information content (AvgIpc) is 3.17.